The molecule has 0 bridgehead atoms. The molecule has 0 aliphatic heterocycles. The quantitative estimate of drug-likeness (QED) is 0.767. The topological polar surface area (TPSA) is 26.3 Å². The number of hydrogen-bond acceptors (Lipinski definition) is 2. The Bertz CT molecular complexity index is 721. The monoisotopic (exact) mass is 278 g/mol. The SMILES string of the molecule is COc1ccc(/C=C2\C(=O)c3ccccc3C2(C)C)cc1. The Morgan fingerprint density at radius 1 is 1.00 bits per heavy atom. The molecule has 106 valence electrons. The molecule has 0 unspecified atom stereocenters. The minimum atomic E-state index is -0.256. The lowest BCUT2D eigenvalue weighted by molar-refractivity contribution is 0.103. The molecular weight excluding hydrogens is 260 g/mol. The molecule has 3 rings (SSSR count). The Morgan fingerprint density at radius 3 is 2.29 bits per heavy atom. The van der Waals surface area contributed by atoms with Crippen molar-refractivity contribution in [2.75, 3.05) is 7.11 Å². The number of allylic oxidation sites excluding steroid dienone is 1. The van der Waals surface area contributed by atoms with Crippen molar-refractivity contribution in [3.05, 3.63) is 70.8 Å². The van der Waals surface area contributed by atoms with Gasteiger partial charge in [0.2, 0.25) is 0 Å². The van der Waals surface area contributed by atoms with Crippen molar-refractivity contribution < 1.29 is 9.53 Å². The van der Waals surface area contributed by atoms with E-state index in [1.54, 1.807) is 7.11 Å². The van der Waals surface area contributed by atoms with Gasteiger partial charge in [-0.25, -0.2) is 0 Å². The highest BCUT2D eigenvalue weighted by atomic mass is 16.5. The zero-order valence-electron chi connectivity index (χ0n) is 12.5. The van der Waals surface area contributed by atoms with Crippen LogP contribution in [0.25, 0.3) is 6.08 Å². The van der Waals surface area contributed by atoms with Crippen molar-refractivity contribution in [1.82, 2.24) is 0 Å². The van der Waals surface area contributed by atoms with Crippen molar-refractivity contribution in [2.24, 2.45) is 0 Å². The van der Waals surface area contributed by atoms with E-state index in [0.29, 0.717) is 0 Å². The van der Waals surface area contributed by atoms with Gasteiger partial charge in [0.15, 0.2) is 5.78 Å². The third-order valence-electron chi connectivity index (χ3n) is 4.19. The van der Waals surface area contributed by atoms with E-state index in [1.807, 2.05) is 54.6 Å². The normalized spacial score (nSPS) is 17.9. The van der Waals surface area contributed by atoms with Crippen LogP contribution in [0.5, 0.6) is 5.75 Å². The summed E-state index contributed by atoms with van der Waals surface area (Å²) in [6.07, 6.45) is 1.99. The number of fused-ring (bicyclic) bond motifs is 1. The van der Waals surface area contributed by atoms with Crippen LogP contribution in [0.3, 0.4) is 0 Å². The Kier molecular flexibility index (Phi) is 3.17. The lowest BCUT2D eigenvalue weighted by atomic mass is 9.82. The summed E-state index contributed by atoms with van der Waals surface area (Å²) in [5, 5.41) is 0. The summed E-state index contributed by atoms with van der Waals surface area (Å²) in [7, 11) is 1.65. The molecule has 2 aromatic rings. The molecule has 2 aromatic carbocycles. The van der Waals surface area contributed by atoms with E-state index in [4.69, 9.17) is 4.74 Å². The van der Waals surface area contributed by atoms with Gasteiger partial charge in [0, 0.05) is 16.6 Å². The smallest absolute Gasteiger partial charge is 0.190 e. The summed E-state index contributed by atoms with van der Waals surface area (Å²) in [6, 6.07) is 15.6. The van der Waals surface area contributed by atoms with Crippen LogP contribution in [0.15, 0.2) is 54.1 Å². The van der Waals surface area contributed by atoms with E-state index in [1.165, 1.54) is 0 Å². The van der Waals surface area contributed by atoms with Gasteiger partial charge in [-0.05, 0) is 29.3 Å². The first-order valence-corrected chi connectivity index (χ1v) is 7.04. The first kappa shape index (κ1) is 13.6. The second-order valence-electron chi connectivity index (χ2n) is 5.83. The van der Waals surface area contributed by atoms with E-state index in [2.05, 4.69) is 13.8 Å². The fourth-order valence-electron chi connectivity index (χ4n) is 2.91. The van der Waals surface area contributed by atoms with Crippen LogP contribution >= 0.6 is 0 Å². The number of carbonyl (C=O) groups excluding carboxylic acids is 1. The average Bonchev–Trinajstić information content (AvgIpc) is 2.70. The minimum absolute atomic E-state index is 0.131. The Hall–Kier alpha value is -2.35. The van der Waals surface area contributed by atoms with E-state index < -0.39 is 0 Å². The number of benzene rings is 2. The molecule has 1 aliphatic rings. The molecular formula is C19H18O2. The highest BCUT2D eigenvalue weighted by Crippen LogP contribution is 2.43. The van der Waals surface area contributed by atoms with Crippen LogP contribution in [0.4, 0.5) is 0 Å². The van der Waals surface area contributed by atoms with Crippen molar-refractivity contribution in [3.63, 3.8) is 0 Å². The lowest BCUT2D eigenvalue weighted by Crippen LogP contribution is -2.16. The molecule has 0 saturated heterocycles. The maximum atomic E-state index is 12.6. The van der Waals surface area contributed by atoms with Crippen LogP contribution in [0, 0.1) is 0 Å². The molecule has 0 atom stereocenters. The van der Waals surface area contributed by atoms with Crippen LogP contribution < -0.4 is 4.74 Å². The molecule has 0 amide bonds. The van der Waals surface area contributed by atoms with Crippen molar-refractivity contribution in [2.45, 2.75) is 19.3 Å². The van der Waals surface area contributed by atoms with Crippen molar-refractivity contribution >= 4 is 11.9 Å². The van der Waals surface area contributed by atoms with Gasteiger partial charge in [-0.15, -0.1) is 0 Å². The molecule has 2 nitrogen and oxygen atoms in total. The van der Waals surface area contributed by atoms with E-state index >= 15 is 0 Å². The zero-order valence-corrected chi connectivity index (χ0v) is 12.5. The Morgan fingerprint density at radius 2 is 1.67 bits per heavy atom. The predicted molar refractivity (Wildman–Crippen MR) is 84.8 cm³/mol. The second-order valence-corrected chi connectivity index (χ2v) is 5.83. The summed E-state index contributed by atoms with van der Waals surface area (Å²) in [6.45, 7) is 4.21. The number of Topliss-reactive ketones (excluding diaryl/α,β-unsaturated/α-hetero) is 1. The van der Waals surface area contributed by atoms with Crippen LogP contribution in [0.2, 0.25) is 0 Å². The average molecular weight is 278 g/mol. The number of rotatable bonds is 2. The maximum absolute atomic E-state index is 12.6. The number of hydrogen-bond donors (Lipinski definition) is 0. The molecule has 0 aromatic heterocycles. The molecule has 21 heavy (non-hydrogen) atoms. The highest BCUT2D eigenvalue weighted by molar-refractivity contribution is 6.17. The van der Waals surface area contributed by atoms with Gasteiger partial charge in [0.25, 0.3) is 0 Å². The van der Waals surface area contributed by atoms with Crippen molar-refractivity contribution in [1.29, 1.82) is 0 Å². The van der Waals surface area contributed by atoms with E-state index in [9.17, 15) is 4.79 Å². The van der Waals surface area contributed by atoms with Crippen LogP contribution in [-0.2, 0) is 5.41 Å². The molecule has 1 aliphatic carbocycles. The summed E-state index contributed by atoms with van der Waals surface area (Å²) < 4.78 is 5.16. The van der Waals surface area contributed by atoms with Gasteiger partial charge in [-0.3, -0.25) is 4.79 Å². The van der Waals surface area contributed by atoms with Gasteiger partial charge in [-0.2, -0.15) is 0 Å². The molecule has 0 heterocycles. The fraction of sp³-hybridized carbons (Fsp3) is 0.211. The maximum Gasteiger partial charge on any atom is 0.190 e. The molecule has 0 fully saturated rings. The third kappa shape index (κ3) is 2.17. The Balaban J connectivity index is 2.06. The lowest BCUT2D eigenvalue weighted by Gasteiger charge is -2.20. The number of ketones is 1. The first-order chi connectivity index (χ1) is 10.0. The Labute approximate surface area is 125 Å². The second kappa shape index (κ2) is 4.88. The first-order valence-electron chi connectivity index (χ1n) is 7.04. The molecule has 0 N–H and O–H groups in total. The predicted octanol–water partition coefficient (Wildman–Crippen LogP) is 4.25. The number of methoxy groups -OCH3 is 1. The van der Waals surface area contributed by atoms with Gasteiger partial charge < -0.3 is 4.74 Å². The molecule has 0 spiro atoms. The van der Waals surface area contributed by atoms with E-state index in [-0.39, 0.29) is 11.2 Å². The van der Waals surface area contributed by atoms with Gasteiger partial charge >= 0.3 is 0 Å². The highest BCUT2D eigenvalue weighted by Gasteiger charge is 2.40. The van der Waals surface area contributed by atoms with E-state index in [0.717, 1.165) is 28.0 Å². The van der Waals surface area contributed by atoms with Crippen molar-refractivity contribution in [3.8, 4) is 5.75 Å². The summed E-state index contributed by atoms with van der Waals surface area (Å²) in [5.41, 5.74) is 3.53. The molecule has 2 heteroatoms. The largest absolute Gasteiger partial charge is 0.497 e. The number of carbonyl (C=O) groups is 1. The third-order valence-corrected chi connectivity index (χ3v) is 4.19. The molecule has 0 saturated carbocycles. The fourth-order valence-corrected chi connectivity index (χ4v) is 2.91. The zero-order chi connectivity index (χ0) is 15.0. The van der Waals surface area contributed by atoms with Gasteiger partial charge in [-0.1, -0.05) is 50.2 Å². The van der Waals surface area contributed by atoms with Crippen LogP contribution in [-0.4, -0.2) is 12.9 Å². The summed E-state index contributed by atoms with van der Waals surface area (Å²) in [5.74, 6) is 0.948. The standard InChI is InChI=1S/C19H18O2/c1-19(2)16-7-5-4-6-15(16)18(20)17(19)12-13-8-10-14(21-3)11-9-13/h4-12H,1-3H3/b17-12+. The summed E-state index contributed by atoms with van der Waals surface area (Å²) >= 11 is 0. The summed E-state index contributed by atoms with van der Waals surface area (Å²) in [4.78, 5) is 12.6. The van der Waals surface area contributed by atoms with Gasteiger partial charge in [0.1, 0.15) is 5.75 Å². The molecule has 0 radical (unpaired) electrons. The number of ether oxygens (including phenoxy) is 1. The minimum Gasteiger partial charge on any atom is -0.497 e. The van der Waals surface area contributed by atoms with Crippen LogP contribution in [0.1, 0.15) is 35.3 Å². The van der Waals surface area contributed by atoms with Gasteiger partial charge in [0.05, 0.1) is 7.11 Å².